The molecule has 1 saturated carbocycles. The van der Waals surface area contributed by atoms with Gasteiger partial charge in [-0.25, -0.2) is 0 Å². The quantitative estimate of drug-likeness (QED) is 0.408. The van der Waals surface area contributed by atoms with Gasteiger partial charge in [0.1, 0.15) is 0 Å². The Morgan fingerprint density at radius 2 is 1.90 bits per heavy atom. The lowest BCUT2D eigenvalue weighted by Crippen LogP contribution is -2.32. The number of pyridine rings is 1. The zero-order valence-corrected chi connectivity index (χ0v) is 17.7. The summed E-state index contributed by atoms with van der Waals surface area (Å²) in [5, 5.41) is 1.78. The molecule has 148 valence electrons. The first-order valence-corrected chi connectivity index (χ1v) is 11.1. The minimum Gasteiger partial charge on any atom is -0.304 e. The number of carbonyl (C=O) groups is 1. The van der Waals surface area contributed by atoms with Crippen molar-refractivity contribution in [3.8, 4) is 0 Å². The van der Waals surface area contributed by atoms with Gasteiger partial charge in [-0.15, -0.1) is 0 Å². The van der Waals surface area contributed by atoms with Gasteiger partial charge in [0.05, 0.1) is 35.1 Å². The third-order valence-electron chi connectivity index (χ3n) is 6.06. The fraction of sp³-hybridized carbons (Fsp3) is 0.167. The van der Waals surface area contributed by atoms with Gasteiger partial charge in [-0.2, -0.15) is 0 Å². The molecule has 6 rings (SSSR count). The normalized spacial score (nSPS) is 16.4. The van der Waals surface area contributed by atoms with E-state index in [-0.39, 0.29) is 11.3 Å². The first kappa shape index (κ1) is 18.0. The molecule has 1 aliphatic heterocycles. The average Bonchev–Trinajstić information content (AvgIpc) is 3.46. The molecule has 6 heteroatoms. The molecule has 0 saturated heterocycles. The lowest BCUT2D eigenvalue weighted by atomic mass is 9.99. The lowest BCUT2D eigenvalue weighted by molar-refractivity contribution is -0.120. The van der Waals surface area contributed by atoms with Crippen LogP contribution in [0.4, 0.5) is 5.69 Å². The molecule has 1 aliphatic carbocycles. The maximum Gasteiger partial charge on any atom is 0.238 e. The van der Waals surface area contributed by atoms with Crippen LogP contribution in [0.25, 0.3) is 10.9 Å². The minimum absolute atomic E-state index is 0.199. The summed E-state index contributed by atoms with van der Waals surface area (Å²) in [5.74, 6) is 0.199. The van der Waals surface area contributed by atoms with E-state index in [1.165, 1.54) is 0 Å². The molecule has 30 heavy (non-hydrogen) atoms. The number of carbonyl (C=O) groups excluding carboxylic acids is 1. The van der Waals surface area contributed by atoms with Gasteiger partial charge >= 0.3 is 0 Å². The minimum atomic E-state index is -0.314. The zero-order chi connectivity index (χ0) is 20.3. The predicted molar refractivity (Wildman–Crippen MR) is 121 cm³/mol. The highest BCUT2D eigenvalue weighted by Gasteiger charge is 2.59. The third-order valence-corrected chi connectivity index (χ3v) is 7.39. The van der Waals surface area contributed by atoms with Crippen molar-refractivity contribution < 1.29 is 4.79 Å². The third kappa shape index (κ3) is 2.69. The number of nitrogens with zero attached hydrogens (tertiary/aromatic N) is 3. The molecule has 0 radical (unpaired) electrons. The second-order valence-electron chi connectivity index (χ2n) is 7.90. The molecule has 3 heterocycles. The van der Waals surface area contributed by atoms with Crippen LogP contribution >= 0.6 is 23.5 Å². The first-order valence-electron chi connectivity index (χ1n) is 9.95. The van der Waals surface area contributed by atoms with E-state index in [4.69, 9.17) is 11.6 Å². The van der Waals surface area contributed by atoms with Crippen molar-refractivity contribution in [1.82, 2.24) is 8.96 Å². The highest BCUT2D eigenvalue weighted by atomic mass is 35.5. The summed E-state index contributed by atoms with van der Waals surface area (Å²) in [5.41, 5.74) is 3.90. The summed E-state index contributed by atoms with van der Waals surface area (Å²) in [6.07, 6.45) is 5.47. The van der Waals surface area contributed by atoms with Crippen LogP contribution in [0.2, 0.25) is 5.02 Å². The van der Waals surface area contributed by atoms with Crippen molar-refractivity contribution in [1.29, 1.82) is 0 Å². The smallest absolute Gasteiger partial charge is 0.238 e. The first-order chi connectivity index (χ1) is 14.7. The Morgan fingerprint density at radius 1 is 1.07 bits per heavy atom. The van der Waals surface area contributed by atoms with Gasteiger partial charge in [-0.1, -0.05) is 29.8 Å². The molecule has 2 aromatic heterocycles. The molecule has 1 fully saturated rings. The summed E-state index contributed by atoms with van der Waals surface area (Å²) in [7, 11) is 0. The number of hydrogen-bond acceptors (Lipinski definition) is 3. The summed E-state index contributed by atoms with van der Waals surface area (Å²) >= 11 is 7.92. The van der Waals surface area contributed by atoms with Gasteiger partial charge < -0.3 is 4.90 Å². The van der Waals surface area contributed by atoms with Crippen LogP contribution in [0.1, 0.15) is 24.1 Å². The molecule has 1 spiro atoms. The number of aromatic nitrogens is 2. The SMILES string of the molecule is O=C1N(Cc2cc3cc(Cl)ccc3n2Sc2ccccc2)c2cnccc2C12CC2. The highest BCUT2D eigenvalue weighted by molar-refractivity contribution is 7.98. The van der Waals surface area contributed by atoms with Crippen molar-refractivity contribution in [3.63, 3.8) is 0 Å². The van der Waals surface area contributed by atoms with Crippen LogP contribution in [-0.2, 0) is 16.8 Å². The zero-order valence-electron chi connectivity index (χ0n) is 16.1. The molecule has 2 aliphatic rings. The van der Waals surface area contributed by atoms with Gasteiger partial charge in [-0.3, -0.25) is 13.8 Å². The van der Waals surface area contributed by atoms with E-state index < -0.39 is 0 Å². The molecule has 0 atom stereocenters. The van der Waals surface area contributed by atoms with Crippen LogP contribution in [0, 0.1) is 0 Å². The van der Waals surface area contributed by atoms with Crippen LogP contribution in [0.5, 0.6) is 0 Å². The van der Waals surface area contributed by atoms with Gasteiger partial charge in [-0.05, 0) is 72.8 Å². The predicted octanol–water partition coefficient (Wildman–Crippen LogP) is 5.82. The lowest BCUT2D eigenvalue weighted by Gasteiger charge is -2.19. The van der Waals surface area contributed by atoms with Crippen LogP contribution in [-0.4, -0.2) is 14.9 Å². The molecule has 0 N–H and O–H groups in total. The summed E-state index contributed by atoms with van der Waals surface area (Å²) in [4.78, 5) is 20.7. The molecule has 4 nitrogen and oxygen atoms in total. The van der Waals surface area contributed by atoms with Crippen molar-refractivity contribution in [3.05, 3.63) is 89.3 Å². The van der Waals surface area contributed by atoms with E-state index in [9.17, 15) is 4.79 Å². The van der Waals surface area contributed by atoms with Crippen LogP contribution in [0.15, 0.2) is 78.0 Å². The van der Waals surface area contributed by atoms with Crippen molar-refractivity contribution in [2.24, 2.45) is 0 Å². The number of amides is 1. The monoisotopic (exact) mass is 431 g/mol. The largest absolute Gasteiger partial charge is 0.304 e. The van der Waals surface area contributed by atoms with Crippen molar-refractivity contribution in [2.45, 2.75) is 29.7 Å². The Kier molecular flexibility index (Phi) is 3.98. The van der Waals surface area contributed by atoms with Crippen LogP contribution < -0.4 is 4.90 Å². The van der Waals surface area contributed by atoms with E-state index in [0.29, 0.717) is 11.6 Å². The van der Waals surface area contributed by atoms with Gasteiger partial charge in [0, 0.05) is 21.5 Å². The highest BCUT2D eigenvalue weighted by Crippen LogP contribution is 2.57. The van der Waals surface area contributed by atoms with E-state index >= 15 is 0 Å². The fourth-order valence-corrected chi connectivity index (χ4v) is 5.60. The number of fused-ring (bicyclic) bond motifs is 3. The Balaban J connectivity index is 1.45. The van der Waals surface area contributed by atoms with E-state index in [2.05, 4.69) is 27.2 Å². The summed E-state index contributed by atoms with van der Waals surface area (Å²) in [6, 6.07) is 20.3. The second kappa shape index (κ2) is 6.62. The van der Waals surface area contributed by atoms with E-state index in [1.54, 1.807) is 18.1 Å². The van der Waals surface area contributed by atoms with Crippen molar-refractivity contribution >= 4 is 46.0 Å². The number of anilines is 1. The number of halogens is 1. The molecule has 0 bridgehead atoms. The molecular weight excluding hydrogens is 414 g/mol. The van der Waals surface area contributed by atoms with E-state index in [0.717, 1.165) is 45.6 Å². The maximum atomic E-state index is 13.4. The number of hydrogen-bond donors (Lipinski definition) is 0. The Bertz CT molecular complexity index is 1300. The van der Waals surface area contributed by atoms with Crippen molar-refractivity contribution in [2.75, 3.05) is 4.90 Å². The molecule has 0 unspecified atom stereocenters. The van der Waals surface area contributed by atoms with Gasteiger partial charge in [0.2, 0.25) is 5.91 Å². The molecule has 1 amide bonds. The summed E-state index contributed by atoms with van der Waals surface area (Å²) in [6.45, 7) is 0.505. The Hall–Kier alpha value is -2.76. The standard InChI is InChI=1S/C24H18ClN3OS/c25-17-6-7-21-16(12-17)13-18(28(21)30-19-4-2-1-3-5-19)15-27-22-14-26-11-8-20(22)24(9-10-24)23(27)29/h1-8,11-14H,9-10,15H2. The second-order valence-corrected chi connectivity index (χ2v) is 9.36. The summed E-state index contributed by atoms with van der Waals surface area (Å²) < 4.78 is 2.21. The van der Waals surface area contributed by atoms with Gasteiger partial charge in [0.15, 0.2) is 0 Å². The maximum absolute atomic E-state index is 13.4. The number of rotatable bonds is 4. The Morgan fingerprint density at radius 3 is 2.70 bits per heavy atom. The molecule has 2 aromatic carbocycles. The van der Waals surface area contributed by atoms with E-state index in [1.807, 2.05) is 53.6 Å². The number of benzene rings is 2. The fourth-order valence-electron chi connectivity index (χ4n) is 4.44. The van der Waals surface area contributed by atoms with Gasteiger partial charge in [0.25, 0.3) is 0 Å². The van der Waals surface area contributed by atoms with Crippen LogP contribution in [0.3, 0.4) is 0 Å². The topological polar surface area (TPSA) is 38.1 Å². The molecule has 4 aromatic rings. The average molecular weight is 432 g/mol. The molecular formula is C24H18ClN3OS. The Labute approximate surface area is 183 Å².